The quantitative estimate of drug-likeness (QED) is 0.136. The number of fused-ring (bicyclic) bond motifs is 2. The van der Waals surface area contributed by atoms with Crippen molar-refractivity contribution in [2.24, 2.45) is 5.92 Å². The Bertz CT molecular complexity index is 2440. The zero-order valence-electron chi connectivity index (χ0n) is 42.4. The normalized spacial score (nSPS) is 10.7. The van der Waals surface area contributed by atoms with Gasteiger partial charge in [-0.3, -0.25) is 0 Å². The van der Waals surface area contributed by atoms with Crippen molar-refractivity contribution in [3.8, 4) is 0 Å². The first-order valence-electron chi connectivity index (χ1n) is 24.4. The summed E-state index contributed by atoms with van der Waals surface area (Å²) in [5.41, 5.74) is 13.9. The van der Waals surface area contributed by atoms with Crippen molar-refractivity contribution in [1.29, 1.82) is 0 Å². The van der Waals surface area contributed by atoms with E-state index in [2.05, 4.69) is 265 Å². The molecule has 0 amide bonds. The van der Waals surface area contributed by atoms with Crippen molar-refractivity contribution in [2.45, 2.75) is 134 Å². The zero-order chi connectivity index (χ0) is 47.4. The molecule has 0 heteroatoms. The van der Waals surface area contributed by atoms with Crippen LogP contribution in [0.15, 0.2) is 182 Å². The maximum atomic E-state index is 2.27. The molecule has 0 saturated heterocycles. The lowest BCUT2D eigenvalue weighted by molar-refractivity contribution is 0.647. The Morgan fingerprint density at radius 3 is 1.31 bits per heavy atom. The summed E-state index contributed by atoms with van der Waals surface area (Å²) in [6.07, 6.45) is 8.69. The fourth-order valence-electron chi connectivity index (χ4n) is 7.20. The van der Waals surface area contributed by atoms with E-state index >= 15 is 0 Å². The molecule has 0 heterocycles. The molecule has 0 nitrogen and oxygen atoms in total. The maximum absolute atomic E-state index is 2.27. The van der Waals surface area contributed by atoms with Gasteiger partial charge < -0.3 is 0 Å². The molecule has 0 spiro atoms. The van der Waals surface area contributed by atoms with Gasteiger partial charge in [0.1, 0.15) is 0 Å². The van der Waals surface area contributed by atoms with E-state index in [4.69, 9.17) is 0 Å². The average molecular weight is 863 g/mol. The summed E-state index contributed by atoms with van der Waals surface area (Å²) in [7, 11) is 0. The van der Waals surface area contributed by atoms with Gasteiger partial charge in [0.05, 0.1) is 0 Å². The molecule has 0 aromatic heterocycles. The van der Waals surface area contributed by atoms with Crippen LogP contribution in [0.1, 0.15) is 129 Å². The molecule has 0 saturated carbocycles. The van der Waals surface area contributed by atoms with Crippen LogP contribution < -0.4 is 0 Å². The number of aryl methyl sites for hydroxylation is 8. The molecule has 0 aliphatic rings. The molecule has 0 aliphatic carbocycles. The Hall–Kier alpha value is -5.72. The second-order valence-corrected chi connectivity index (χ2v) is 18.3. The lowest BCUT2D eigenvalue weighted by Crippen LogP contribution is -1.93. The highest BCUT2D eigenvalue weighted by Crippen LogP contribution is 2.19. The van der Waals surface area contributed by atoms with Gasteiger partial charge in [-0.25, -0.2) is 0 Å². The summed E-state index contributed by atoms with van der Waals surface area (Å²) in [5, 5.41) is 5.33. The summed E-state index contributed by atoms with van der Waals surface area (Å²) < 4.78 is 0. The minimum Gasteiger partial charge on any atom is -0.0654 e. The minimum atomic E-state index is 0.704. The molecule has 8 rings (SSSR count). The summed E-state index contributed by atoms with van der Waals surface area (Å²) in [4.78, 5) is 0. The third-order valence-corrected chi connectivity index (χ3v) is 11.5. The highest BCUT2D eigenvalue weighted by atomic mass is 14.1. The summed E-state index contributed by atoms with van der Waals surface area (Å²) in [5.74, 6) is 1.47. The topological polar surface area (TPSA) is 0 Å². The van der Waals surface area contributed by atoms with E-state index in [0.717, 1.165) is 5.92 Å². The number of hydrogen-bond donors (Lipinski definition) is 0. The standard InChI is InChI=1S/2C11H10.3C11H16.C10H14/c1-9-5-4-7-10-6-2-3-8-11(9)10;1-9-6-7-10-4-2-3-5-11(10)8-9;1-9(2)8-11-6-4-10(3)5-7-11;1-4-10(3)11-7-5-9(2)6-8-11;1-3-4-5-11-8-6-10(2)7-9-11;1-3-4-10-7-5-9(2)6-8-10/h2*2-8H,1H3;4-7,9H,8H2,1-3H3;5-8,10H,4H2,1-3H3;6-9H,3-5H2,1-2H3;5-8H,3-4H2,1-2H3. The van der Waals surface area contributed by atoms with Gasteiger partial charge in [0.15, 0.2) is 0 Å². The largest absolute Gasteiger partial charge is 0.0654 e. The first kappa shape index (κ1) is 53.6. The molecule has 0 bridgehead atoms. The van der Waals surface area contributed by atoms with Gasteiger partial charge in [-0.05, 0) is 135 Å². The molecule has 0 N–H and O–H groups in total. The lowest BCUT2D eigenvalue weighted by atomic mass is 9.98. The molecule has 0 aliphatic heterocycles. The van der Waals surface area contributed by atoms with Crippen molar-refractivity contribution >= 4 is 21.5 Å². The van der Waals surface area contributed by atoms with Crippen molar-refractivity contribution < 1.29 is 0 Å². The van der Waals surface area contributed by atoms with Gasteiger partial charge in [0.25, 0.3) is 0 Å². The average Bonchev–Trinajstić information content (AvgIpc) is 3.31. The maximum Gasteiger partial charge on any atom is -0.0155 e. The summed E-state index contributed by atoms with van der Waals surface area (Å²) in [6, 6.07) is 64.9. The van der Waals surface area contributed by atoms with Crippen molar-refractivity contribution in [2.75, 3.05) is 0 Å². The van der Waals surface area contributed by atoms with Crippen LogP contribution in [0.4, 0.5) is 0 Å². The molecule has 8 aromatic carbocycles. The van der Waals surface area contributed by atoms with Crippen molar-refractivity contribution in [3.63, 3.8) is 0 Å². The van der Waals surface area contributed by atoms with Gasteiger partial charge in [0, 0.05) is 0 Å². The van der Waals surface area contributed by atoms with E-state index in [-0.39, 0.29) is 0 Å². The molecule has 0 fully saturated rings. The van der Waals surface area contributed by atoms with Crippen LogP contribution in [0, 0.1) is 47.5 Å². The highest BCUT2D eigenvalue weighted by Gasteiger charge is 2.00. The molecule has 1 atom stereocenters. The van der Waals surface area contributed by atoms with Gasteiger partial charge in [-0.15, -0.1) is 0 Å². The number of unbranched alkanes of at least 4 members (excludes halogenated alkanes) is 1. The lowest BCUT2D eigenvalue weighted by Gasteiger charge is -2.07. The Balaban J connectivity index is 0.000000207. The van der Waals surface area contributed by atoms with E-state index in [1.165, 1.54) is 122 Å². The van der Waals surface area contributed by atoms with Gasteiger partial charge in [-0.1, -0.05) is 264 Å². The van der Waals surface area contributed by atoms with Crippen molar-refractivity contribution in [3.05, 3.63) is 238 Å². The molecular weight excluding hydrogens is 781 g/mol. The highest BCUT2D eigenvalue weighted by molar-refractivity contribution is 5.85. The predicted molar refractivity (Wildman–Crippen MR) is 292 cm³/mol. The van der Waals surface area contributed by atoms with E-state index in [1.54, 1.807) is 0 Å². The number of hydrogen-bond acceptors (Lipinski definition) is 0. The third-order valence-electron chi connectivity index (χ3n) is 11.5. The van der Waals surface area contributed by atoms with E-state index in [1.807, 2.05) is 0 Å². The fourth-order valence-corrected chi connectivity index (χ4v) is 7.20. The molecular formula is C65H82. The Morgan fingerprint density at radius 1 is 0.369 bits per heavy atom. The SMILES string of the molecule is CCC(C)c1ccc(C)cc1.CCCCc1ccc(C)cc1.CCCc1ccc(C)cc1.Cc1ccc(CC(C)C)cc1.Cc1ccc2ccccc2c1.Cc1cccc2ccccc12. The second kappa shape index (κ2) is 30.4. The Labute approximate surface area is 397 Å². The molecule has 1 unspecified atom stereocenters. The van der Waals surface area contributed by atoms with Crippen LogP contribution in [-0.2, 0) is 19.3 Å². The van der Waals surface area contributed by atoms with Crippen LogP contribution in [0.5, 0.6) is 0 Å². The molecule has 65 heavy (non-hydrogen) atoms. The number of rotatable bonds is 9. The van der Waals surface area contributed by atoms with Crippen LogP contribution >= 0.6 is 0 Å². The third kappa shape index (κ3) is 21.7. The van der Waals surface area contributed by atoms with E-state index in [9.17, 15) is 0 Å². The number of benzene rings is 8. The van der Waals surface area contributed by atoms with Gasteiger partial charge >= 0.3 is 0 Å². The van der Waals surface area contributed by atoms with Crippen LogP contribution in [-0.4, -0.2) is 0 Å². The fraction of sp³-hybridized carbons (Fsp3) is 0.323. The van der Waals surface area contributed by atoms with Crippen LogP contribution in [0.2, 0.25) is 0 Å². The summed E-state index contributed by atoms with van der Waals surface area (Å²) in [6.45, 7) is 26.2. The molecule has 342 valence electrons. The van der Waals surface area contributed by atoms with Gasteiger partial charge in [0.2, 0.25) is 0 Å². The smallest absolute Gasteiger partial charge is 0.0155 e. The van der Waals surface area contributed by atoms with Crippen molar-refractivity contribution in [1.82, 2.24) is 0 Å². The first-order valence-corrected chi connectivity index (χ1v) is 24.4. The minimum absolute atomic E-state index is 0.704. The molecule has 0 radical (unpaired) electrons. The van der Waals surface area contributed by atoms with Crippen LogP contribution in [0.3, 0.4) is 0 Å². The Morgan fingerprint density at radius 2 is 0.815 bits per heavy atom. The van der Waals surface area contributed by atoms with Gasteiger partial charge in [-0.2, -0.15) is 0 Å². The van der Waals surface area contributed by atoms with E-state index < -0.39 is 0 Å². The zero-order valence-corrected chi connectivity index (χ0v) is 42.4. The second-order valence-electron chi connectivity index (χ2n) is 18.3. The first-order chi connectivity index (χ1) is 31.3. The molecule has 8 aromatic rings. The predicted octanol–water partition coefficient (Wildman–Crippen LogP) is 19.3. The van der Waals surface area contributed by atoms with E-state index in [0.29, 0.717) is 5.92 Å². The summed E-state index contributed by atoms with van der Waals surface area (Å²) >= 11 is 0. The van der Waals surface area contributed by atoms with Crippen LogP contribution in [0.25, 0.3) is 21.5 Å². The monoisotopic (exact) mass is 863 g/mol. The Kier molecular flexibility index (Phi) is 25.1.